The number of amides is 3. The van der Waals surface area contributed by atoms with Gasteiger partial charge in [-0.05, 0) is 17.5 Å². The largest absolute Gasteiger partial charge is 0.355 e. The Hall–Kier alpha value is -4.14. The Kier molecular flexibility index (Phi) is 20.9. The van der Waals surface area contributed by atoms with E-state index in [4.69, 9.17) is 0 Å². The van der Waals surface area contributed by atoms with Crippen molar-refractivity contribution in [1.29, 1.82) is 0 Å². The summed E-state index contributed by atoms with van der Waals surface area (Å²) in [4.78, 5) is 74.6. The van der Waals surface area contributed by atoms with Crippen LogP contribution in [-0.2, 0) is 35.2 Å². The van der Waals surface area contributed by atoms with Crippen molar-refractivity contribution in [3.63, 3.8) is 0 Å². The number of Topliss-reactive ketones (excluding diaryl/α,β-unsaturated/α-hetero) is 3. The molecule has 0 radical (unpaired) electrons. The molecule has 9 nitrogen and oxygen atoms in total. The van der Waals surface area contributed by atoms with Gasteiger partial charge in [0.15, 0.2) is 0 Å². The zero-order chi connectivity index (χ0) is 46.4. The number of rotatable bonds is 12. The van der Waals surface area contributed by atoms with Crippen LogP contribution in [0.5, 0.6) is 0 Å². The molecule has 0 spiro atoms. The van der Waals surface area contributed by atoms with Crippen molar-refractivity contribution in [3.8, 4) is 0 Å². The number of nitrogens with zero attached hydrogens (tertiary/aromatic N) is 1. The molecule has 0 saturated carbocycles. The lowest BCUT2D eigenvalue weighted by Gasteiger charge is -2.34. The van der Waals surface area contributed by atoms with Crippen LogP contribution in [0.3, 0.4) is 0 Å². The molecule has 2 atom stereocenters. The predicted octanol–water partition coefficient (Wildman–Crippen LogP) is 10.0. The summed E-state index contributed by atoms with van der Waals surface area (Å²) in [6.07, 6.45) is 1.40. The molecule has 0 fully saturated rings. The summed E-state index contributed by atoms with van der Waals surface area (Å²) in [5, 5.41) is 5.70. The first kappa shape index (κ1) is 54.9. The third-order valence-electron chi connectivity index (χ3n) is 9.61. The van der Waals surface area contributed by atoms with E-state index in [-0.39, 0.29) is 57.9 Å². The van der Waals surface area contributed by atoms with E-state index in [9.17, 15) is 28.8 Å². The van der Waals surface area contributed by atoms with Crippen molar-refractivity contribution in [2.45, 2.75) is 150 Å². The standard InChI is InChI=1S/2C19H29NO2.C12H23NO2/c1-18(2,3)16(21)13-15(14-11-9-8-10-12-14)20(7)17(22)19(4,5)6;1-18(2,3)16(21)15(12-14-10-8-7-9-11-14)13-20-17(22)19(4,5)6;1-11(2,3)9(14)7-8-13-10(15)12(4,5)6/h8-12,15H,13H2,1-7H3;7-11,15H,12-13H2,1-6H3,(H,20,22);7-8H2,1-6H3,(H,13,15)/t2*15-;/m01./s1. The van der Waals surface area contributed by atoms with Crippen molar-refractivity contribution >= 4 is 35.1 Å². The summed E-state index contributed by atoms with van der Waals surface area (Å²) >= 11 is 0. The fraction of sp³-hybridized carbons (Fsp3) is 0.640. The van der Waals surface area contributed by atoms with Gasteiger partial charge in [-0.15, -0.1) is 0 Å². The van der Waals surface area contributed by atoms with Crippen LogP contribution in [0.4, 0.5) is 0 Å². The highest BCUT2D eigenvalue weighted by molar-refractivity contribution is 5.88. The first-order valence-electron chi connectivity index (χ1n) is 21.0. The fourth-order valence-electron chi connectivity index (χ4n) is 5.49. The van der Waals surface area contributed by atoms with Gasteiger partial charge in [-0.25, -0.2) is 0 Å². The smallest absolute Gasteiger partial charge is 0.228 e. The van der Waals surface area contributed by atoms with Crippen molar-refractivity contribution in [2.24, 2.45) is 38.4 Å². The maximum absolute atomic E-state index is 12.7. The van der Waals surface area contributed by atoms with E-state index in [0.29, 0.717) is 32.4 Å². The van der Waals surface area contributed by atoms with Crippen molar-refractivity contribution in [2.75, 3.05) is 20.1 Å². The van der Waals surface area contributed by atoms with E-state index in [1.807, 2.05) is 185 Å². The molecule has 0 unspecified atom stereocenters. The SMILES string of the molecule is CC(C)(C)C(=O)CCNC(=O)C(C)(C)C.CC(C)(C)C(=O)NC[C@@H](Cc1ccccc1)C(=O)C(C)(C)C.CN(C(=O)C(C)(C)C)[C@@H](CC(=O)C(C)(C)C)c1ccccc1. The van der Waals surface area contributed by atoms with Gasteiger partial charge in [-0.2, -0.15) is 0 Å². The summed E-state index contributed by atoms with van der Waals surface area (Å²) in [5.74, 6) is 0.338. The van der Waals surface area contributed by atoms with E-state index < -0.39 is 21.7 Å². The predicted molar refractivity (Wildman–Crippen MR) is 243 cm³/mol. The molecule has 0 aliphatic heterocycles. The Labute approximate surface area is 358 Å². The Bertz CT molecular complexity index is 1610. The van der Waals surface area contributed by atoms with Gasteiger partial charge in [-0.1, -0.05) is 185 Å². The lowest BCUT2D eigenvalue weighted by atomic mass is 9.80. The van der Waals surface area contributed by atoms with Crippen LogP contribution in [0, 0.1) is 38.4 Å². The second-order valence-electron chi connectivity index (χ2n) is 21.9. The molecule has 332 valence electrons. The molecule has 0 saturated heterocycles. The van der Waals surface area contributed by atoms with Crippen LogP contribution < -0.4 is 10.6 Å². The monoisotopic (exact) mass is 820 g/mol. The summed E-state index contributed by atoms with van der Waals surface area (Å²) in [5.41, 5.74) is -0.300. The van der Waals surface area contributed by atoms with E-state index in [0.717, 1.165) is 11.1 Å². The Morgan fingerprint density at radius 2 is 0.949 bits per heavy atom. The van der Waals surface area contributed by atoms with E-state index in [1.54, 1.807) is 11.9 Å². The van der Waals surface area contributed by atoms with Crippen molar-refractivity contribution in [1.82, 2.24) is 15.5 Å². The van der Waals surface area contributed by atoms with Crippen molar-refractivity contribution < 1.29 is 28.8 Å². The molecular formula is C50H81N3O6. The zero-order valence-corrected chi connectivity index (χ0v) is 40.4. The maximum Gasteiger partial charge on any atom is 0.228 e. The number of ketones is 3. The van der Waals surface area contributed by atoms with Gasteiger partial charge in [0, 0.05) is 71.4 Å². The third kappa shape index (κ3) is 21.1. The van der Waals surface area contributed by atoms with Gasteiger partial charge in [0.2, 0.25) is 17.7 Å². The molecule has 2 rings (SSSR count). The maximum atomic E-state index is 12.7. The number of carbonyl (C=O) groups excluding carboxylic acids is 6. The number of hydrogen-bond donors (Lipinski definition) is 2. The summed E-state index contributed by atoms with van der Waals surface area (Å²) in [7, 11) is 1.79. The van der Waals surface area contributed by atoms with Crippen LogP contribution in [0.25, 0.3) is 0 Å². The van der Waals surface area contributed by atoms with E-state index in [1.165, 1.54) is 0 Å². The Morgan fingerprint density at radius 3 is 1.34 bits per heavy atom. The summed E-state index contributed by atoms with van der Waals surface area (Å²) in [6.45, 7) is 34.9. The first-order valence-corrected chi connectivity index (χ1v) is 21.0. The van der Waals surface area contributed by atoms with Gasteiger partial charge in [0.1, 0.15) is 17.3 Å². The van der Waals surface area contributed by atoms with Crippen LogP contribution in [0.1, 0.15) is 155 Å². The topological polar surface area (TPSA) is 130 Å². The lowest BCUT2D eigenvalue weighted by molar-refractivity contribution is -0.142. The molecule has 0 bridgehead atoms. The van der Waals surface area contributed by atoms with Crippen LogP contribution in [-0.4, -0.2) is 60.1 Å². The molecule has 0 aromatic heterocycles. The third-order valence-corrected chi connectivity index (χ3v) is 9.61. The summed E-state index contributed by atoms with van der Waals surface area (Å²) < 4.78 is 0. The van der Waals surface area contributed by atoms with Gasteiger partial charge in [0.25, 0.3) is 0 Å². The minimum absolute atomic E-state index is 0.00999. The molecule has 3 amide bonds. The number of carbonyl (C=O) groups is 6. The second-order valence-corrected chi connectivity index (χ2v) is 21.9. The summed E-state index contributed by atoms with van der Waals surface area (Å²) in [6, 6.07) is 19.5. The van der Waals surface area contributed by atoms with E-state index >= 15 is 0 Å². The highest BCUT2D eigenvalue weighted by Gasteiger charge is 2.34. The van der Waals surface area contributed by atoms with Gasteiger partial charge >= 0.3 is 0 Å². The van der Waals surface area contributed by atoms with Crippen LogP contribution in [0.2, 0.25) is 0 Å². The van der Waals surface area contributed by atoms with Crippen LogP contribution in [0.15, 0.2) is 60.7 Å². The van der Waals surface area contributed by atoms with Crippen LogP contribution >= 0.6 is 0 Å². The average Bonchev–Trinajstić information content (AvgIpc) is 3.10. The average molecular weight is 820 g/mol. The fourth-order valence-corrected chi connectivity index (χ4v) is 5.49. The quantitative estimate of drug-likeness (QED) is 0.219. The first-order chi connectivity index (χ1) is 26.5. The second kappa shape index (κ2) is 22.5. The van der Waals surface area contributed by atoms with Gasteiger partial charge in [-0.3, -0.25) is 28.8 Å². The normalized spacial score (nSPS) is 13.3. The minimum Gasteiger partial charge on any atom is -0.355 e. The molecule has 0 heterocycles. The molecule has 2 N–H and O–H groups in total. The van der Waals surface area contributed by atoms with Crippen molar-refractivity contribution in [3.05, 3.63) is 71.8 Å². The molecule has 2 aromatic rings. The Balaban J connectivity index is 0.000000874. The number of hydrogen-bond acceptors (Lipinski definition) is 6. The molecule has 2 aromatic carbocycles. The highest BCUT2D eigenvalue weighted by atomic mass is 16.2. The minimum atomic E-state index is -0.466. The molecule has 59 heavy (non-hydrogen) atoms. The number of nitrogens with one attached hydrogen (secondary N) is 2. The highest BCUT2D eigenvalue weighted by Crippen LogP contribution is 2.31. The Morgan fingerprint density at radius 1 is 0.525 bits per heavy atom. The molecule has 0 aliphatic rings. The molecule has 9 heteroatoms. The number of benzene rings is 2. The van der Waals surface area contributed by atoms with Gasteiger partial charge < -0.3 is 15.5 Å². The molecular weight excluding hydrogens is 739 g/mol. The van der Waals surface area contributed by atoms with Gasteiger partial charge in [0.05, 0.1) is 6.04 Å². The zero-order valence-electron chi connectivity index (χ0n) is 40.4. The molecule has 0 aliphatic carbocycles. The van der Waals surface area contributed by atoms with E-state index in [2.05, 4.69) is 10.6 Å². The lowest BCUT2D eigenvalue weighted by Crippen LogP contribution is -2.42.